The van der Waals surface area contributed by atoms with Gasteiger partial charge in [0.2, 0.25) is 0 Å². The minimum absolute atomic E-state index is 0. The lowest BCUT2D eigenvalue weighted by Crippen LogP contribution is -2.32. The number of hydrogen-bond donors (Lipinski definition) is 2. The summed E-state index contributed by atoms with van der Waals surface area (Å²) in [6, 6.07) is 10.2. The summed E-state index contributed by atoms with van der Waals surface area (Å²) in [7, 11) is 0. The van der Waals surface area contributed by atoms with Crippen molar-refractivity contribution in [3.05, 3.63) is 35.9 Å². The average Bonchev–Trinajstić information content (AvgIpc) is 2.38. The van der Waals surface area contributed by atoms with Crippen molar-refractivity contribution in [2.45, 2.75) is 20.5 Å². The van der Waals surface area contributed by atoms with Crippen molar-refractivity contribution in [1.82, 2.24) is 5.32 Å². The highest BCUT2D eigenvalue weighted by molar-refractivity contribution is 14.0. The third-order valence-corrected chi connectivity index (χ3v) is 2.45. The molecule has 4 nitrogen and oxygen atoms in total. The lowest BCUT2D eigenvalue weighted by molar-refractivity contribution is 0.0945. The molecule has 0 spiro atoms. The number of benzene rings is 1. The van der Waals surface area contributed by atoms with Gasteiger partial charge in [0.15, 0.2) is 5.96 Å². The number of aliphatic imine (C=N–C) groups is 1. The summed E-state index contributed by atoms with van der Waals surface area (Å²) in [5.74, 6) is 0.873. The molecule has 0 amide bonds. The molecule has 5 heteroatoms. The van der Waals surface area contributed by atoms with Crippen molar-refractivity contribution in [1.29, 1.82) is 0 Å². The zero-order chi connectivity index (χ0) is 13.2. The van der Waals surface area contributed by atoms with Gasteiger partial charge in [-0.1, -0.05) is 37.3 Å². The Hall–Kier alpha value is -0.820. The Morgan fingerprint density at radius 3 is 2.68 bits per heavy atom. The van der Waals surface area contributed by atoms with Crippen LogP contribution in [0.3, 0.4) is 0 Å². The van der Waals surface area contributed by atoms with Crippen LogP contribution in [0.1, 0.15) is 19.4 Å². The summed E-state index contributed by atoms with van der Waals surface area (Å²) in [6.45, 7) is 6.93. The van der Waals surface area contributed by atoms with E-state index in [0.29, 0.717) is 31.6 Å². The maximum absolute atomic E-state index is 5.65. The van der Waals surface area contributed by atoms with Crippen LogP contribution in [-0.2, 0) is 11.3 Å². The van der Waals surface area contributed by atoms with Gasteiger partial charge in [-0.05, 0) is 18.4 Å². The van der Waals surface area contributed by atoms with Gasteiger partial charge >= 0.3 is 0 Å². The molecule has 0 aliphatic heterocycles. The molecule has 1 rings (SSSR count). The number of ether oxygens (including phenoxy) is 1. The highest BCUT2D eigenvalue weighted by atomic mass is 127. The Balaban J connectivity index is 0.00000324. The Morgan fingerprint density at radius 1 is 1.37 bits per heavy atom. The van der Waals surface area contributed by atoms with E-state index < -0.39 is 0 Å². The number of nitrogens with two attached hydrogens (primary N) is 1. The predicted octanol–water partition coefficient (Wildman–Crippen LogP) is 2.38. The summed E-state index contributed by atoms with van der Waals surface area (Å²) in [4.78, 5) is 4.24. The van der Waals surface area contributed by atoms with E-state index in [0.717, 1.165) is 6.54 Å². The molecule has 1 aromatic carbocycles. The highest BCUT2D eigenvalue weighted by Crippen LogP contribution is 2.03. The molecule has 19 heavy (non-hydrogen) atoms. The number of nitrogens with one attached hydrogen (secondary N) is 1. The minimum atomic E-state index is 0. The Labute approximate surface area is 132 Å². The second-order valence-corrected chi connectivity index (χ2v) is 4.36. The Bertz CT molecular complexity index is 357. The normalized spacial score (nSPS) is 12.6. The molecular formula is C14H24IN3O. The van der Waals surface area contributed by atoms with Gasteiger partial charge in [0.1, 0.15) is 0 Å². The van der Waals surface area contributed by atoms with E-state index in [1.165, 1.54) is 5.56 Å². The van der Waals surface area contributed by atoms with Crippen LogP contribution >= 0.6 is 24.0 Å². The van der Waals surface area contributed by atoms with Crippen molar-refractivity contribution < 1.29 is 4.74 Å². The third-order valence-electron chi connectivity index (χ3n) is 2.45. The van der Waals surface area contributed by atoms with Gasteiger partial charge < -0.3 is 15.8 Å². The number of rotatable bonds is 7. The van der Waals surface area contributed by atoms with E-state index in [1.807, 2.05) is 25.1 Å². The zero-order valence-corrected chi connectivity index (χ0v) is 14.0. The number of nitrogens with zero attached hydrogens (tertiary/aromatic N) is 1. The Morgan fingerprint density at radius 2 is 2.05 bits per heavy atom. The Kier molecular flexibility index (Phi) is 10.6. The molecule has 0 radical (unpaired) electrons. The molecule has 1 unspecified atom stereocenters. The van der Waals surface area contributed by atoms with Crippen LogP contribution in [0, 0.1) is 5.92 Å². The van der Waals surface area contributed by atoms with Crippen LogP contribution in [-0.4, -0.2) is 25.7 Å². The summed E-state index contributed by atoms with van der Waals surface area (Å²) in [6.07, 6.45) is 0. The van der Waals surface area contributed by atoms with Crippen LogP contribution in [0.4, 0.5) is 0 Å². The van der Waals surface area contributed by atoms with Gasteiger partial charge in [0.25, 0.3) is 0 Å². The molecule has 0 aromatic heterocycles. The van der Waals surface area contributed by atoms with Gasteiger partial charge in [-0.2, -0.15) is 0 Å². The number of hydrogen-bond acceptors (Lipinski definition) is 2. The molecule has 1 aromatic rings. The molecule has 108 valence electrons. The van der Waals surface area contributed by atoms with Gasteiger partial charge in [-0.25, -0.2) is 0 Å². The summed E-state index contributed by atoms with van der Waals surface area (Å²) >= 11 is 0. The summed E-state index contributed by atoms with van der Waals surface area (Å²) in [5, 5.41) is 2.97. The molecular weight excluding hydrogens is 353 g/mol. The first-order valence-corrected chi connectivity index (χ1v) is 6.37. The van der Waals surface area contributed by atoms with Gasteiger partial charge in [0.05, 0.1) is 13.2 Å². The molecule has 0 aliphatic rings. The lowest BCUT2D eigenvalue weighted by Gasteiger charge is -2.10. The summed E-state index contributed by atoms with van der Waals surface area (Å²) in [5.41, 5.74) is 6.85. The number of halogens is 1. The lowest BCUT2D eigenvalue weighted by atomic mass is 10.2. The highest BCUT2D eigenvalue weighted by Gasteiger charge is 2.02. The van der Waals surface area contributed by atoms with Crippen molar-refractivity contribution in [3.8, 4) is 0 Å². The van der Waals surface area contributed by atoms with Crippen LogP contribution < -0.4 is 11.1 Å². The monoisotopic (exact) mass is 377 g/mol. The van der Waals surface area contributed by atoms with E-state index in [9.17, 15) is 0 Å². The van der Waals surface area contributed by atoms with E-state index >= 15 is 0 Å². The second kappa shape index (κ2) is 11.0. The van der Waals surface area contributed by atoms with Gasteiger partial charge in [-0.3, -0.25) is 4.99 Å². The summed E-state index contributed by atoms with van der Waals surface area (Å²) < 4.78 is 5.64. The topological polar surface area (TPSA) is 59.6 Å². The average molecular weight is 377 g/mol. The zero-order valence-electron chi connectivity index (χ0n) is 11.6. The molecule has 0 saturated carbocycles. The van der Waals surface area contributed by atoms with Crippen LogP contribution in [0.2, 0.25) is 0 Å². The quantitative estimate of drug-likeness (QED) is 0.436. The minimum Gasteiger partial charge on any atom is -0.376 e. The number of guanidine groups is 1. The molecule has 0 saturated heterocycles. The van der Waals surface area contributed by atoms with E-state index in [4.69, 9.17) is 10.5 Å². The maximum Gasteiger partial charge on any atom is 0.188 e. The van der Waals surface area contributed by atoms with Crippen LogP contribution in [0.15, 0.2) is 35.3 Å². The largest absolute Gasteiger partial charge is 0.376 e. The smallest absolute Gasteiger partial charge is 0.188 e. The molecule has 0 aliphatic carbocycles. The van der Waals surface area contributed by atoms with Gasteiger partial charge in [0, 0.05) is 13.1 Å². The van der Waals surface area contributed by atoms with Crippen molar-refractivity contribution in [2.24, 2.45) is 16.6 Å². The first-order chi connectivity index (χ1) is 8.72. The van der Waals surface area contributed by atoms with E-state index in [2.05, 4.69) is 29.4 Å². The maximum atomic E-state index is 5.65. The van der Waals surface area contributed by atoms with Crippen molar-refractivity contribution in [3.63, 3.8) is 0 Å². The SMILES string of the molecule is CCNC(N)=NCC(C)COCc1ccccc1.I. The molecule has 1 atom stereocenters. The third kappa shape index (κ3) is 8.83. The fraction of sp³-hybridized carbons (Fsp3) is 0.500. The predicted molar refractivity (Wildman–Crippen MR) is 90.8 cm³/mol. The van der Waals surface area contributed by atoms with Crippen molar-refractivity contribution in [2.75, 3.05) is 19.7 Å². The molecule has 3 N–H and O–H groups in total. The van der Waals surface area contributed by atoms with E-state index in [1.54, 1.807) is 0 Å². The van der Waals surface area contributed by atoms with Crippen LogP contribution in [0.25, 0.3) is 0 Å². The standard InChI is InChI=1S/C14H23N3O.HI/c1-3-16-14(15)17-9-12(2)10-18-11-13-7-5-4-6-8-13;/h4-8,12H,3,9-11H2,1-2H3,(H3,15,16,17);1H. The van der Waals surface area contributed by atoms with Crippen molar-refractivity contribution >= 4 is 29.9 Å². The van der Waals surface area contributed by atoms with Gasteiger partial charge in [-0.15, -0.1) is 24.0 Å². The fourth-order valence-corrected chi connectivity index (χ4v) is 1.50. The molecule has 0 fully saturated rings. The molecule has 0 heterocycles. The second-order valence-electron chi connectivity index (χ2n) is 4.36. The first-order valence-electron chi connectivity index (χ1n) is 6.37. The van der Waals surface area contributed by atoms with E-state index in [-0.39, 0.29) is 24.0 Å². The molecule has 0 bridgehead atoms. The first kappa shape index (κ1) is 18.2. The fourth-order valence-electron chi connectivity index (χ4n) is 1.50. The van der Waals surface area contributed by atoms with Crippen LogP contribution in [0.5, 0.6) is 0 Å².